The fraction of sp³-hybridized carbons (Fsp3) is 0.346. The zero-order valence-corrected chi connectivity index (χ0v) is 19.0. The van der Waals surface area contributed by atoms with Crippen LogP contribution in [0.2, 0.25) is 0 Å². The number of aromatic nitrogens is 1. The van der Waals surface area contributed by atoms with Crippen LogP contribution >= 0.6 is 15.9 Å². The topological polar surface area (TPSA) is 12.9 Å². The van der Waals surface area contributed by atoms with Crippen molar-refractivity contribution in [3.63, 3.8) is 0 Å². The second-order valence-corrected chi connectivity index (χ2v) is 8.47. The van der Waals surface area contributed by atoms with Crippen molar-refractivity contribution in [2.75, 3.05) is 0 Å². The molecule has 1 aromatic heterocycles. The summed E-state index contributed by atoms with van der Waals surface area (Å²) in [5, 5.41) is 1.22. The van der Waals surface area contributed by atoms with Gasteiger partial charge in [-0.3, -0.25) is 4.98 Å². The number of benzene rings is 2. The van der Waals surface area contributed by atoms with E-state index < -0.39 is 0 Å². The second-order valence-electron chi connectivity index (χ2n) is 7.55. The zero-order valence-electron chi connectivity index (χ0n) is 17.4. The van der Waals surface area contributed by atoms with Crippen LogP contribution in [-0.2, 0) is 12.8 Å². The van der Waals surface area contributed by atoms with Gasteiger partial charge < -0.3 is 0 Å². The molecule has 0 aliphatic rings. The molecule has 146 valence electrons. The minimum atomic E-state index is 0.507. The normalized spacial score (nSPS) is 12.8. The molecule has 0 amide bonds. The molecule has 2 heteroatoms. The lowest BCUT2D eigenvalue weighted by molar-refractivity contribution is 0.605. The quantitative estimate of drug-likeness (QED) is 0.365. The van der Waals surface area contributed by atoms with Gasteiger partial charge in [-0.1, -0.05) is 66.5 Å². The van der Waals surface area contributed by atoms with Gasteiger partial charge in [0, 0.05) is 15.6 Å². The fourth-order valence-corrected chi connectivity index (χ4v) is 4.53. The number of hydrogen-bond acceptors (Lipinski definition) is 1. The highest BCUT2D eigenvalue weighted by atomic mass is 79.9. The van der Waals surface area contributed by atoms with E-state index in [4.69, 9.17) is 4.98 Å². The van der Waals surface area contributed by atoms with Crippen molar-refractivity contribution >= 4 is 32.9 Å². The van der Waals surface area contributed by atoms with Crippen molar-refractivity contribution in [1.82, 2.24) is 4.98 Å². The van der Waals surface area contributed by atoms with E-state index in [1.54, 1.807) is 0 Å². The van der Waals surface area contributed by atoms with Gasteiger partial charge in [-0.25, -0.2) is 0 Å². The molecular formula is C26H30BrN. The molecule has 0 saturated heterocycles. The van der Waals surface area contributed by atoms with Crippen LogP contribution in [0.5, 0.6) is 0 Å². The molecule has 0 aliphatic heterocycles. The number of allylic oxidation sites excluding steroid dienone is 1. The fourth-order valence-electron chi connectivity index (χ4n) is 4.15. The molecule has 0 aliphatic carbocycles. The lowest BCUT2D eigenvalue weighted by atomic mass is 9.83. The molecule has 3 rings (SSSR count). The summed E-state index contributed by atoms with van der Waals surface area (Å²) in [4.78, 5) is 4.98. The van der Waals surface area contributed by atoms with Crippen LogP contribution in [0, 0.1) is 6.92 Å². The maximum absolute atomic E-state index is 4.98. The summed E-state index contributed by atoms with van der Waals surface area (Å²) >= 11 is 3.60. The van der Waals surface area contributed by atoms with Crippen LogP contribution in [0.3, 0.4) is 0 Å². The SMILES string of the molecule is C/C=C\c1c(C)cccc1C(CCC)Cc1cc2cc(Br)ccc2nc1CC. The predicted molar refractivity (Wildman–Crippen MR) is 126 cm³/mol. The van der Waals surface area contributed by atoms with Gasteiger partial charge in [0.2, 0.25) is 0 Å². The largest absolute Gasteiger partial charge is 0.253 e. The molecule has 0 bridgehead atoms. The molecule has 0 N–H and O–H groups in total. The Morgan fingerprint density at radius 2 is 1.93 bits per heavy atom. The molecule has 0 radical (unpaired) electrons. The minimum Gasteiger partial charge on any atom is -0.253 e. The Labute approximate surface area is 178 Å². The molecule has 0 saturated carbocycles. The smallest absolute Gasteiger partial charge is 0.0706 e. The predicted octanol–water partition coefficient (Wildman–Crippen LogP) is 8.03. The lowest BCUT2D eigenvalue weighted by Gasteiger charge is -2.22. The molecule has 28 heavy (non-hydrogen) atoms. The summed E-state index contributed by atoms with van der Waals surface area (Å²) in [6.45, 7) is 8.82. The number of hydrogen-bond donors (Lipinski definition) is 0. The van der Waals surface area contributed by atoms with Crippen molar-refractivity contribution in [2.24, 2.45) is 0 Å². The highest BCUT2D eigenvalue weighted by Crippen LogP contribution is 2.33. The van der Waals surface area contributed by atoms with Crippen molar-refractivity contribution in [3.8, 4) is 0 Å². The minimum absolute atomic E-state index is 0.507. The van der Waals surface area contributed by atoms with Gasteiger partial charge >= 0.3 is 0 Å². The van der Waals surface area contributed by atoms with Gasteiger partial charge in [0.1, 0.15) is 0 Å². The van der Waals surface area contributed by atoms with E-state index in [1.165, 1.54) is 46.2 Å². The van der Waals surface area contributed by atoms with Crippen LogP contribution in [0.15, 0.2) is 53.0 Å². The molecule has 1 nitrogen and oxygen atoms in total. The van der Waals surface area contributed by atoms with E-state index >= 15 is 0 Å². The van der Waals surface area contributed by atoms with Gasteiger partial charge in [0.05, 0.1) is 5.52 Å². The van der Waals surface area contributed by atoms with Crippen LogP contribution in [-0.4, -0.2) is 4.98 Å². The standard InChI is InChI=1S/C26H30BrN/c1-5-9-19(24-12-8-11-18(4)23(24)10-6-2)15-20-16-21-17-22(27)13-14-26(21)28-25(20)7-3/h6,8,10-14,16-17,19H,5,7,9,15H2,1-4H3/b10-6-. The summed E-state index contributed by atoms with van der Waals surface area (Å²) in [6.07, 6.45) is 8.80. The third-order valence-corrected chi connectivity index (χ3v) is 6.01. The first-order valence-corrected chi connectivity index (χ1v) is 11.2. The molecule has 1 heterocycles. The van der Waals surface area contributed by atoms with E-state index in [2.05, 4.69) is 98.2 Å². The van der Waals surface area contributed by atoms with Crippen LogP contribution in [0.4, 0.5) is 0 Å². The van der Waals surface area contributed by atoms with Crippen molar-refractivity contribution < 1.29 is 0 Å². The van der Waals surface area contributed by atoms with Crippen molar-refractivity contribution in [3.05, 3.63) is 81.0 Å². The molecule has 1 atom stereocenters. The van der Waals surface area contributed by atoms with E-state index in [0.29, 0.717) is 5.92 Å². The molecule has 2 aromatic carbocycles. The van der Waals surface area contributed by atoms with E-state index in [1.807, 2.05) is 0 Å². The second kappa shape index (κ2) is 9.52. The number of pyridine rings is 1. The number of rotatable bonds is 7. The van der Waals surface area contributed by atoms with Gasteiger partial charge in [-0.15, -0.1) is 0 Å². The summed E-state index contributed by atoms with van der Waals surface area (Å²) in [5.41, 5.74) is 7.92. The monoisotopic (exact) mass is 435 g/mol. The van der Waals surface area contributed by atoms with Gasteiger partial charge in [-0.05, 0) is 85.5 Å². The summed E-state index contributed by atoms with van der Waals surface area (Å²) in [7, 11) is 0. The third-order valence-electron chi connectivity index (χ3n) is 5.51. The summed E-state index contributed by atoms with van der Waals surface area (Å²) in [5.74, 6) is 0.507. The van der Waals surface area contributed by atoms with Crippen LogP contribution in [0.1, 0.15) is 67.5 Å². The van der Waals surface area contributed by atoms with E-state index in [0.717, 1.165) is 22.8 Å². The van der Waals surface area contributed by atoms with E-state index in [-0.39, 0.29) is 0 Å². The highest BCUT2D eigenvalue weighted by Gasteiger charge is 2.18. The molecule has 0 fully saturated rings. The Morgan fingerprint density at radius 1 is 1.11 bits per heavy atom. The molecule has 0 spiro atoms. The van der Waals surface area contributed by atoms with Crippen LogP contribution < -0.4 is 0 Å². The molecule has 3 aromatic rings. The maximum Gasteiger partial charge on any atom is 0.0706 e. The number of fused-ring (bicyclic) bond motifs is 1. The zero-order chi connectivity index (χ0) is 20.1. The van der Waals surface area contributed by atoms with Gasteiger partial charge in [-0.2, -0.15) is 0 Å². The first kappa shape index (κ1) is 20.8. The molecule has 1 unspecified atom stereocenters. The maximum atomic E-state index is 4.98. The van der Waals surface area contributed by atoms with Crippen LogP contribution in [0.25, 0.3) is 17.0 Å². The molecular weight excluding hydrogens is 406 g/mol. The first-order valence-electron chi connectivity index (χ1n) is 10.4. The average Bonchev–Trinajstić information content (AvgIpc) is 2.68. The van der Waals surface area contributed by atoms with E-state index in [9.17, 15) is 0 Å². The first-order chi connectivity index (χ1) is 13.6. The Bertz CT molecular complexity index is 987. The Kier molecular flexibility index (Phi) is 7.07. The Balaban J connectivity index is 2.07. The average molecular weight is 436 g/mol. The van der Waals surface area contributed by atoms with Gasteiger partial charge in [0.15, 0.2) is 0 Å². The van der Waals surface area contributed by atoms with Crippen molar-refractivity contribution in [1.29, 1.82) is 0 Å². The third kappa shape index (κ3) is 4.55. The number of halogens is 1. The summed E-state index contributed by atoms with van der Waals surface area (Å²) < 4.78 is 1.11. The Hall–Kier alpha value is -1.93. The van der Waals surface area contributed by atoms with Crippen molar-refractivity contribution in [2.45, 2.75) is 59.3 Å². The highest BCUT2D eigenvalue weighted by molar-refractivity contribution is 9.10. The van der Waals surface area contributed by atoms with Gasteiger partial charge in [0.25, 0.3) is 0 Å². The Morgan fingerprint density at radius 3 is 2.64 bits per heavy atom. The lowest BCUT2D eigenvalue weighted by Crippen LogP contribution is -2.09. The summed E-state index contributed by atoms with van der Waals surface area (Å²) in [6, 6.07) is 15.5. The number of aryl methyl sites for hydroxylation is 2. The number of nitrogens with zero attached hydrogens (tertiary/aromatic N) is 1.